The molecule has 1 aromatic heterocycles. The molecule has 19 heteroatoms. The maximum atomic E-state index is 13.2. The monoisotopic (exact) mass is 625 g/mol. The fraction of sp³-hybridized carbons (Fsp3) is 0.409. The Hall–Kier alpha value is -3.97. The number of carboxylic acid groups (broad SMARTS) is 2. The van der Waals surface area contributed by atoms with E-state index in [1.54, 1.807) is 11.9 Å². The van der Waals surface area contributed by atoms with Crippen molar-refractivity contribution in [3.8, 4) is 0 Å². The number of rotatable bonds is 10. The molecule has 220 valence electrons. The van der Waals surface area contributed by atoms with Gasteiger partial charge < -0.3 is 42.5 Å². The van der Waals surface area contributed by atoms with E-state index in [2.05, 4.69) is 20.4 Å². The first kappa shape index (κ1) is 30.0. The molecule has 16 nitrogen and oxygen atoms in total. The fourth-order valence-corrected chi connectivity index (χ4v) is 7.00. The van der Waals surface area contributed by atoms with Crippen molar-refractivity contribution in [2.24, 2.45) is 21.6 Å². The Kier molecular flexibility index (Phi) is 8.98. The van der Waals surface area contributed by atoms with Gasteiger partial charge in [0.25, 0.3) is 11.8 Å². The molecule has 9 N–H and O–H groups in total. The lowest BCUT2D eigenvalue weighted by Gasteiger charge is -2.49. The number of anilines is 1. The Morgan fingerprint density at radius 3 is 2.68 bits per heavy atom. The summed E-state index contributed by atoms with van der Waals surface area (Å²) in [6.07, 6.45) is -1.22. The van der Waals surface area contributed by atoms with Crippen LogP contribution in [-0.2, 0) is 24.0 Å². The molecule has 0 saturated carbocycles. The Bertz CT molecular complexity index is 1410. The zero-order valence-corrected chi connectivity index (χ0v) is 24.2. The molecular weight excluding hydrogens is 598 g/mol. The molecule has 0 aliphatic carbocycles. The second-order valence-corrected chi connectivity index (χ2v) is 12.0. The molecular formula is C22H27N9O7S3. The molecule has 3 atom stereocenters. The Labute approximate surface area is 245 Å². The smallest absolute Gasteiger partial charge is 0.352 e. The lowest BCUT2D eigenvalue weighted by molar-refractivity contribution is -0.150. The van der Waals surface area contributed by atoms with Gasteiger partial charge in [-0.05, 0) is 12.5 Å². The van der Waals surface area contributed by atoms with Gasteiger partial charge in [-0.15, -0.1) is 23.1 Å². The van der Waals surface area contributed by atoms with Crippen LogP contribution in [-0.4, -0.2) is 102 Å². The number of oxime groups is 1. The first-order chi connectivity index (χ1) is 19.4. The number of carboxylic acids is 2. The summed E-state index contributed by atoms with van der Waals surface area (Å²) in [4.78, 5) is 65.9. The number of amides is 2. The topological polar surface area (TPSA) is 252 Å². The van der Waals surface area contributed by atoms with Crippen molar-refractivity contribution in [1.29, 1.82) is 0 Å². The molecule has 1 aromatic rings. The molecule has 0 bridgehead atoms. The summed E-state index contributed by atoms with van der Waals surface area (Å²) in [5.74, 6) is -3.08. The van der Waals surface area contributed by atoms with Gasteiger partial charge in [-0.1, -0.05) is 16.9 Å². The van der Waals surface area contributed by atoms with Crippen LogP contribution >= 0.6 is 34.9 Å². The van der Waals surface area contributed by atoms with Crippen LogP contribution in [0.3, 0.4) is 0 Å². The summed E-state index contributed by atoms with van der Waals surface area (Å²) in [6, 6.07) is -1.05. The number of carbonyl (C=O) groups is 4. The quantitative estimate of drug-likeness (QED) is 0.105. The number of nitrogen functional groups attached to an aromatic ring is 1. The molecule has 3 aliphatic heterocycles. The van der Waals surface area contributed by atoms with Gasteiger partial charge >= 0.3 is 11.9 Å². The maximum Gasteiger partial charge on any atom is 0.352 e. The van der Waals surface area contributed by atoms with E-state index in [0.29, 0.717) is 28.7 Å². The van der Waals surface area contributed by atoms with Crippen molar-refractivity contribution in [2.75, 3.05) is 30.8 Å². The van der Waals surface area contributed by atoms with Gasteiger partial charge in [-0.25, -0.2) is 14.8 Å². The van der Waals surface area contributed by atoms with Crippen LogP contribution in [0.25, 0.3) is 0 Å². The van der Waals surface area contributed by atoms with Gasteiger partial charge in [0.05, 0.1) is 18.7 Å². The minimum atomic E-state index is -1.27. The summed E-state index contributed by atoms with van der Waals surface area (Å²) in [5, 5.41) is 26.8. The maximum absolute atomic E-state index is 13.2. The second kappa shape index (κ2) is 12.3. The van der Waals surface area contributed by atoms with E-state index in [1.807, 2.05) is 0 Å². The molecule has 4 heterocycles. The summed E-state index contributed by atoms with van der Waals surface area (Å²) in [5.41, 5.74) is 17.9. The number of hydrogen-bond donors (Lipinski definition) is 6. The summed E-state index contributed by atoms with van der Waals surface area (Å²) >= 11 is 3.62. The highest BCUT2D eigenvalue weighted by molar-refractivity contribution is 8.14. The molecule has 41 heavy (non-hydrogen) atoms. The number of hydrogen-bond acceptors (Lipinski definition) is 15. The summed E-state index contributed by atoms with van der Waals surface area (Å²) in [6.45, 7) is 1.85. The Morgan fingerprint density at radius 1 is 1.32 bits per heavy atom. The molecule has 0 spiro atoms. The van der Waals surface area contributed by atoms with E-state index in [4.69, 9.17) is 27.1 Å². The lowest BCUT2D eigenvalue weighted by atomic mass is 10.0. The predicted molar refractivity (Wildman–Crippen MR) is 153 cm³/mol. The highest BCUT2D eigenvalue weighted by Crippen LogP contribution is 2.41. The number of nitrogens with zero attached hydrogens (tertiary/aromatic N) is 5. The van der Waals surface area contributed by atoms with Crippen LogP contribution in [0.15, 0.2) is 38.3 Å². The number of aliphatic carboxylic acids is 2. The molecule has 2 amide bonds. The molecule has 4 rings (SSSR count). The first-order valence-electron chi connectivity index (χ1n) is 11.9. The Balaban J connectivity index is 1.49. The van der Waals surface area contributed by atoms with Crippen LogP contribution in [0.2, 0.25) is 0 Å². The average molecular weight is 626 g/mol. The number of β-lactam (4-membered cyclic amide) rings is 1. The number of thiazole rings is 1. The molecule has 2 unspecified atom stereocenters. The number of likely N-dealkylation sites (N-methyl/N-ethyl adjacent to an activating group) is 1. The first-order valence-corrected chi connectivity index (χ1v) is 14.8. The van der Waals surface area contributed by atoms with E-state index in [-0.39, 0.29) is 40.2 Å². The number of nitrogens with one attached hydrogen (secondary N) is 1. The van der Waals surface area contributed by atoms with E-state index in [0.717, 1.165) is 16.2 Å². The third kappa shape index (κ3) is 6.51. The zero-order chi connectivity index (χ0) is 30.0. The van der Waals surface area contributed by atoms with Gasteiger partial charge in [0.1, 0.15) is 34.7 Å². The van der Waals surface area contributed by atoms with E-state index >= 15 is 0 Å². The number of nitrogens with two attached hydrogens (primary N) is 3. The number of fused-ring (bicyclic) bond motifs is 1. The second-order valence-electron chi connectivity index (χ2n) is 9.09. The van der Waals surface area contributed by atoms with E-state index < -0.39 is 41.3 Å². The van der Waals surface area contributed by atoms with Crippen molar-refractivity contribution in [2.45, 2.75) is 30.9 Å². The van der Waals surface area contributed by atoms with Crippen molar-refractivity contribution in [3.63, 3.8) is 0 Å². The molecule has 0 aromatic carbocycles. The normalized spacial score (nSPS) is 21.7. The predicted octanol–water partition coefficient (Wildman–Crippen LogP) is -0.831. The number of thioether (sulfide) groups is 2. The summed E-state index contributed by atoms with van der Waals surface area (Å²) < 4.78 is 0. The van der Waals surface area contributed by atoms with Crippen molar-refractivity contribution < 1.29 is 34.2 Å². The highest BCUT2D eigenvalue weighted by Gasteiger charge is 2.54. The van der Waals surface area contributed by atoms with E-state index in [1.165, 1.54) is 35.8 Å². The zero-order valence-electron chi connectivity index (χ0n) is 21.8. The van der Waals surface area contributed by atoms with E-state index in [9.17, 15) is 24.3 Å². The van der Waals surface area contributed by atoms with Crippen molar-refractivity contribution in [1.82, 2.24) is 20.1 Å². The van der Waals surface area contributed by atoms with Crippen molar-refractivity contribution >= 4 is 74.6 Å². The van der Waals surface area contributed by atoms with Crippen molar-refractivity contribution in [3.05, 3.63) is 33.9 Å². The van der Waals surface area contributed by atoms with Crippen LogP contribution in [0, 0.1) is 0 Å². The Morgan fingerprint density at radius 2 is 2.05 bits per heavy atom. The van der Waals surface area contributed by atoms with Gasteiger partial charge in [0.2, 0.25) is 0 Å². The average Bonchev–Trinajstić information content (AvgIpc) is 3.33. The largest absolute Gasteiger partial charge is 0.481 e. The third-order valence-corrected chi connectivity index (χ3v) is 9.12. The molecule has 1 saturated heterocycles. The number of amidine groups is 1. The van der Waals surface area contributed by atoms with Crippen LogP contribution in [0.4, 0.5) is 5.13 Å². The fourth-order valence-electron chi connectivity index (χ4n) is 3.99. The van der Waals surface area contributed by atoms with Crippen LogP contribution in [0.5, 0.6) is 0 Å². The van der Waals surface area contributed by atoms with Gasteiger partial charge in [-0.2, -0.15) is 0 Å². The van der Waals surface area contributed by atoms with Crippen LogP contribution < -0.4 is 22.5 Å². The van der Waals surface area contributed by atoms with Gasteiger partial charge in [-0.3, -0.25) is 19.3 Å². The molecule has 1 fully saturated rings. The van der Waals surface area contributed by atoms with Gasteiger partial charge in [0, 0.05) is 23.9 Å². The highest BCUT2D eigenvalue weighted by atomic mass is 32.2. The molecule has 3 aliphatic rings. The summed E-state index contributed by atoms with van der Waals surface area (Å²) in [7, 11) is 1.78. The lowest BCUT2D eigenvalue weighted by Crippen LogP contribution is -2.71. The number of aliphatic imine (C=N–C) groups is 1. The number of aromatic nitrogens is 1. The van der Waals surface area contributed by atoms with Gasteiger partial charge in [0.15, 0.2) is 16.0 Å². The molecule has 0 radical (unpaired) electrons. The minimum absolute atomic E-state index is 0.0747. The van der Waals surface area contributed by atoms with Crippen LogP contribution in [0.1, 0.15) is 19.0 Å². The minimum Gasteiger partial charge on any atom is -0.481 e. The number of carbonyl (C=O) groups excluding carboxylic acids is 2. The standard InChI is InChI=1S/C22H27N9O7S3/c1-8(3-12(32)33)38-29-13(11-7-40-21(25)26-11)17(34)27-14-18(35)31-15(20(36)37)9(5-39-19(14)31)6-41-22-28-16(24)10(23)4-30(22)2/h7-8,14,19H,3-6,23-24H2,1-2H3,(H2,25,26)(H,27,34)(H,32,33)(H,36,37)/b29-13-/t8?,14?,19-/m0/s1. The SMILES string of the molecule is CC(CC(=O)O)O/N=C(\C(=O)NC1C(=O)N2C(C(=O)O)=C(CSC3=NC(N)=C(N)CN3C)CS[C@@H]12)c1csc(N)n1. The third-order valence-electron chi connectivity index (χ3n) is 5.96.